The van der Waals surface area contributed by atoms with E-state index in [1.807, 2.05) is 18.2 Å². The van der Waals surface area contributed by atoms with Gasteiger partial charge in [0.1, 0.15) is 0 Å². The Balaban J connectivity index is 0.00000361. The van der Waals surface area contributed by atoms with E-state index in [9.17, 15) is 4.79 Å². The zero-order chi connectivity index (χ0) is 24.5. The minimum Gasteiger partial charge on any atom is -1.00 e. The van der Waals surface area contributed by atoms with Crippen LogP contribution in [0.2, 0.25) is 0 Å². The molecule has 0 saturated heterocycles. The van der Waals surface area contributed by atoms with Crippen LogP contribution in [0.15, 0.2) is 112 Å². The quantitative estimate of drug-likeness (QED) is 0.113. The minimum atomic E-state index is -0.406. The molecule has 0 aromatic heterocycles. The van der Waals surface area contributed by atoms with E-state index in [0.717, 1.165) is 16.3 Å². The third-order valence-electron chi connectivity index (χ3n) is 5.94. The highest BCUT2D eigenvalue weighted by Crippen LogP contribution is 2.38. The smallest absolute Gasteiger partial charge is 0.313 e. The van der Waals surface area contributed by atoms with Crippen molar-refractivity contribution in [3.8, 4) is 0 Å². The maximum atomic E-state index is 12.8. The number of carbonyl (C=O) groups excluding carboxylic acids is 1. The lowest BCUT2D eigenvalue weighted by Gasteiger charge is -2.19. The second kappa shape index (κ2) is 14.4. The van der Waals surface area contributed by atoms with Gasteiger partial charge in [0.25, 0.3) is 0 Å². The van der Waals surface area contributed by atoms with Crippen molar-refractivity contribution in [2.24, 2.45) is 0 Å². The van der Waals surface area contributed by atoms with Gasteiger partial charge in [-0.2, -0.15) is 0 Å². The molecule has 36 heavy (non-hydrogen) atoms. The lowest BCUT2D eigenvalue weighted by atomic mass is 9.91. The highest BCUT2D eigenvalue weighted by Gasteiger charge is 2.32. The maximum Gasteiger partial charge on any atom is 0.313 e. The molecule has 6 heteroatoms. The van der Waals surface area contributed by atoms with Crippen LogP contribution in [0, 0.1) is 0 Å². The zero-order valence-corrected chi connectivity index (χ0v) is 23.5. The Morgan fingerprint density at radius 3 is 1.89 bits per heavy atom. The molecule has 0 fully saturated rings. The summed E-state index contributed by atoms with van der Waals surface area (Å²) in [5, 5.41) is 2.22. The minimum absolute atomic E-state index is 0. The van der Waals surface area contributed by atoms with Crippen LogP contribution < -0.4 is 24.0 Å². The summed E-state index contributed by atoms with van der Waals surface area (Å²) in [6.07, 6.45) is 0.544. The van der Waals surface area contributed by atoms with Gasteiger partial charge in [-0.05, 0) is 53.8 Å². The summed E-state index contributed by atoms with van der Waals surface area (Å²) in [5.41, 5.74) is 0.969. The van der Waals surface area contributed by atoms with Crippen LogP contribution in [-0.2, 0) is 29.9 Å². The second-order valence-corrected chi connectivity index (χ2v) is 10.1. The van der Waals surface area contributed by atoms with E-state index in [2.05, 4.69) is 78.9 Å². The fraction of sp³-hybridized carbons (Fsp3) is 0.233. The molecule has 0 aliphatic carbocycles. The number of methoxy groups -OCH3 is 2. The number of hydrogen-bond acceptors (Lipinski definition) is 4. The first-order chi connectivity index (χ1) is 17.2. The first-order valence-corrected chi connectivity index (χ1v) is 13.0. The molecule has 1 atom stereocenters. The lowest BCUT2D eigenvalue weighted by molar-refractivity contribution is -0.143. The van der Waals surface area contributed by atoms with Crippen molar-refractivity contribution in [1.82, 2.24) is 0 Å². The van der Waals surface area contributed by atoms with E-state index in [0.29, 0.717) is 26.2 Å². The molecule has 0 aliphatic rings. The molecular formula is C30H31IO4S. The number of rotatable bonds is 11. The van der Waals surface area contributed by atoms with Gasteiger partial charge in [0.05, 0.1) is 37.1 Å². The largest absolute Gasteiger partial charge is 1.00 e. The SMILES string of the molecule is COCCOCCC(C(=O)OC)c1ccc([S+](c2ccccc2)c2ccccc2)c2ccccc12.[I-]. The average molecular weight is 615 g/mol. The fourth-order valence-corrected chi connectivity index (χ4v) is 6.51. The predicted molar refractivity (Wildman–Crippen MR) is 141 cm³/mol. The number of benzene rings is 4. The summed E-state index contributed by atoms with van der Waals surface area (Å²) in [7, 11) is 2.80. The van der Waals surface area contributed by atoms with Crippen molar-refractivity contribution < 1.29 is 43.0 Å². The number of hydrogen-bond donors (Lipinski definition) is 0. The van der Waals surface area contributed by atoms with Crippen molar-refractivity contribution in [1.29, 1.82) is 0 Å². The summed E-state index contributed by atoms with van der Waals surface area (Å²) in [4.78, 5) is 16.6. The molecule has 0 spiro atoms. The monoisotopic (exact) mass is 614 g/mol. The lowest BCUT2D eigenvalue weighted by Crippen LogP contribution is -3.00. The third kappa shape index (κ3) is 6.68. The highest BCUT2D eigenvalue weighted by atomic mass is 127. The summed E-state index contributed by atoms with van der Waals surface area (Å²) in [5.74, 6) is -0.653. The second-order valence-electron chi connectivity index (χ2n) is 8.10. The molecule has 188 valence electrons. The molecule has 4 aromatic carbocycles. The maximum absolute atomic E-state index is 12.8. The van der Waals surface area contributed by atoms with E-state index in [-0.39, 0.29) is 40.8 Å². The Labute approximate surface area is 233 Å². The molecule has 0 saturated carbocycles. The van der Waals surface area contributed by atoms with Crippen LogP contribution in [0.1, 0.15) is 17.9 Å². The van der Waals surface area contributed by atoms with Gasteiger partial charge in [-0.3, -0.25) is 4.79 Å². The van der Waals surface area contributed by atoms with Gasteiger partial charge in [-0.15, -0.1) is 0 Å². The van der Waals surface area contributed by atoms with Crippen molar-refractivity contribution in [2.45, 2.75) is 27.0 Å². The van der Waals surface area contributed by atoms with Gasteiger partial charge in [0.15, 0.2) is 14.7 Å². The summed E-state index contributed by atoms with van der Waals surface area (Å²) in [6.45, 7) is 1.49. The van der Waals surface area contributed by atoms with Gasteiger partial charge in [0, 0.05) is 19.1 Å². The van der Waals surface area contributed by atoms with Crippen LogP contribution in [-0.4, -0.2) is 40.0 Å². The van der Waals surface area contributed by atoms with Gasteiger partial charge >= 0.3 is 5.97 Å². The van der Waals surface area contributed by atoms with Crippen LogP contribution in [0.5, 0.6) is 0 Å². The molecule has 0 aliphatic heterocycles. The van der Waals surface area contributed by atoms with Gasteiger partial charge in [-0.25, -0.2) is 0 Å². The zero-order valence-electron chi connectivity index (χ0n) is 20.6. The standard InChI is InChI=1S/C30H31O4S.HI/c1-32-21-22-34-20-19-28(30(31)33-2)26-17-18-29(27-16-10-9-15-25(26)27)35(23-11-5-3-6-12-23)24-13-7-4-8-14-24;/h3-18,28H,19-22H2,1-2H3;1H/q+1;/p-1. The van der Waals surface area contributed by atoms with Gasteiger partial charge in [0.2, 0.25) is 0 Å². The molecular weight excluding hydrogens is 583 g/mol. The van der Waals surface area contributed by atoms with Crippen LogP contribution in [0.3, 0.4) is 0 Å². The Bertz CT molecular complexity index is 1190. The average Bonchev–Trinajstić information content (AvgIpc) is 2.92. The summed E-state index contributed by atoms with van der Waals surface area (Å²) in [6, 6.07) is 33.8. The normalized spacial score (nSPS) is 11.8. The van der Waals surface area contributed by atoms with Crippen LogP contribution in [0.4, 0.5) is 0 Å². The van der Waals surface area contributed by atoms with Crippen molar-refractivity contribution in [2.75, 3.05) is 34.0 Å². The molecule has 4 rings (SSSR count). The Kier molecular flexibility index (Phi) is 11.3. The Morgan fingerprint density at radius 2 is 1.31 bits per heavy atom. The number of esters is 1. The van der Waals surface area contributed by atoms with Crippen molar-refractivity contribution in [3.63, 3.8) is 0 Å². The Hall–Kier alpha value is -2.39. The molecule has 0 bridgehead atoms. The fourth-order valence-electron chi connectivity index (χ4n) is 4.27. The first-order valence-electron chi connectivity index (χ1n) is 11.7. The molecule has 0 radical (unpaired) electrons. The predicted octanol–water partition coefficient (Wildman–Crippen LogP) is 3.25. The van der Waals surface area contributed by atoms with E-state index in [1.165, 1.54) is 21.8 Å². The van der Waals surface area contributed by atoms with Crippen molar-refractivity contribution >= 4 is 27.6 Å². The molecule has 4 nitrogen and oxygen atoms in total. The van der Waals surface area contributed by atoms with E-state index in [1.54, 1.807) is 7.11 Å². The molecule has 1 unspecified atom stereocenters. The number of fused-ring (bicyclic) bond motifs is 1. The highest BCUT2D eigenvalue weighted by molar-refractivity contribution is 7.97. The van der Waals surface area contributed by atoms with E-state index >= 15 is 0 Å². The van der Waals surface area contributed by atoms with Gasteiger partial charge < -0.3 is 38.2 Å². The molecule has 4 aromatic rings. The third-order valence-corrected chi connectivity index (χ3v) is 8.22. The first kappa shape index (κ1) is 28.2. The van der Waals surface area contributed by atoms with E-state index in [4.69, 9.17) is 14.2 Å². The van der Waals surface area contributed by atoms with Crippen LogP contribution >= 0.6 is 0 Å². The number of halogens is 1. The molecule has 0 amide bonds. The van der Waals surface area contributed by atoms with Crippen molar-refractivity contribution in [3.05, 3.63) is 103 Å². The van der Waals surface area contributed by atoms with Gasteiger partial charge in [-0.1, -0.05) is 60.7 Å². The van der Waals surface area contributed by atoms with Crippen LogP contribution in [0.25, 0.3) is 10.8 Å². The molecule has 0 heterocycles. The topological polar surface area (TPSA) is 44.8 Å². The number of carbonyl (C=O) groups is 1. The summed E-state index contributed by atoms with van der Waals surface area (Å²) >= 11 is 0. The summed E-state index contributed by atoms with van der Waals surface area (Å²) < 4.78 is 15.9. The van der Waals surface area contributed by atoms with E-state index < -0.39 is 5.92 Å². The number of ether oxygens (including phenoxy) is 3. The molecule has 0 N–H and O–H groups in total. The Morgan fingerprint density at radius 1 is 0.722 bits per heavy atom.